The number of likely N-dealkylation sites (N-methyl/N-ethyl adjacent to an activating group) is 1. The second kappa shape index (κ2) is 7.38. The topological polar surface area (TPSA) is 47.3 Å². The highest BCUT2D eigenvalue weighted by Crippen LogP contribution is 2.27. The Kier molecular flexibility index (Phi) is 6.14. The average Bonchev–Trinajstić information content (AvgIpc) is 3.14. The van der Waals surface area contributed by atoms with E-state index in [1.165, 1.54) is 12.8 Å². The molecule has 0 aliphatic heterocycles. The monoisotopic (exact) mass is 251 g/mol. The number of rotatable bonds is 8. The van der Waals surface area contributed by atoms with Gasteiger partial charge in [0, 0.05) is 19.6 Å². The summed E-state index contributed by atoms with van der Waals surface area (Å²) in [5.41, 5.74) is 0. The van der Waals surface area contributed by atoms with E-state index in [1.807, 2.05) is 0 Å². The summed E-state index contributed by atoms with van der Waals surface area (Å²) in [7, 11) is 1.78. The van der Waals surface area contributed by atoms with E-state index in [1.54, 1.807) is 11.9 Å². The maximum atomic E-state index is 12.0. The van der Waals surface area contributed by atoms with Crippen LogP contribution in [0, 0.1) is 17.2 Å². The molecule has 1 fully saturated rings. The number of carbonyl (C=O) groups is 1. The predicted molar refractivity (Wildman–Crippen MR) is 71.9 cm³/mol. The summed E-state index contributed by atoms with van der Waals surface area (Å²) < 4.78 is 0. The fourth-order valence-corrected chi connectivity index (χ4v) is 1.89. The van der Waals surface area contributed by atoms with Gasteiger partial charge in [-0.1, -0.05) is 13.8 Å². The Hall–Kier alpha value is -1.08. The first-order valence-electron chi connectivity index (χ1n) is 6.89. The summed E-state index contributed by atoms with van der Waals surface area (Å²) in [6.07, 6.45) is 4.02. The first-order chi connectivity index (χ1) is 8.54. The van der Waals surface area contributed by atoms with Gasteiger partial charge < -0.3 is 4.90 Å². The summed E-state index contributed by atoms with van der Waals surface area (Å²) in [6.45, 7) is 6.50. The van der Waals surface area contributed by atoms with Crippen LogP contribution in [0.1, 0.15) is 39.5 Å². The van der Waals surface area contributed by atoms with Gasteiger partial charge in [0.25, 0.3) is 0 Å². The molecule has 0 aromatic carbocycles. The molecule has 0 N–H and O–H groups in total. The van der Waals surface area contributed by atoms with Gasteiger partial charge in [0.15, 0.2) is 0 Å². The van der Waals surface area contributed by atoms with Gasteiger partial charge in [-0.15, -0.1) is 0 Å². The summed E-state index contributed by atoms with van der Waals surface area (Å²) >= 11 is 0. The molecule has 0 radical (unpaired) electrons. The van der Waals surface area contributed by atoms with Crippen molar-refractivity contribution >= 4 is 5.91 Å². The van der Waals surface area contributed by atoms with Crippen LogP contribution in [0.4, 0.5) is 0 Å². The molecule has 0 unspecified atom stereocenters. The Morgan fingerprint density at radius 1 is 1.39 bits per heavy atom. The number of hydrogen-bond donors (Lipinski definition) is 0. The van der Waals surface area contributed by atoms with Gasteiger partial charge in [-0.25, -0.2) is 0 Å². The van der Waals surface area contributed by atoms with Crippen LogP contribution >= 0.6 is 0 Å². The van der Waals surface area contributed by atoms with E-state index in [4.69, 9.17) is 5.26 Å². The molecule has 4 heteroatoms. The maximum Gasteiger partial charge on any atom is 0.236 e. The molecular weight excluding hydrogens is 226 g/mol. The van der Waals surface area contributed by atoms with Crippen LogP contribution in [0.15, 0.2) is 0 Å². The molecule has 0 atom stereocenters. The average molecular weight is 251 g/mol. The van der Waals surface area contributed by atoms with Gasteiger partial charge >= 0.3 is 0 Å². The summed E-state index contributed by atoms with van der Waals surface area (Å²) in [5.74, 6) is 0.818. The standard InChI is InChI=1S/C14H25N3O/c1-12(2)7-10-17(13-5-6-13)11-14(18)16(3)9-4-8-15/h12-13H,4-7,9-11H2,1-3H3. The summed E-state index contributed by atoms with van der Waals surface area (Å²) in [4.78, 5) is 16.0. The van der Waals surface area contributed by atoms with E-state index in [0.29, 0.717) is 31.5 Å². The van der Waals surface area contributed by atoms with Crippen LogP contribution in [0.2, 0.25) is 0 Å². The highest BCUT2D eigenvalue weighted by atomic mass is 16.2. The van der Waals surface area contributed by atoms with E-state index in [2.05, 4.69) is 24.8 Å². The van der Waals surface area contributed by atoms with Crippen LogP contribution in [0.5, 0.6) is 0 Å². The second-order valence-corrected chi connectivity index (χ2v) is 5.61. The molecule has 1 rings (SSSR count). The molecule has 0 heterocycles. The zero-order valence-electron chi connectivity index (χ0n) is 11.9. The number of amides is 1. The molecule has 102 valence electrons. The van der Waals surface area contributed by atoms with Crippen LogP contribution in [-0.4, -0.2) is 48.4 Å². The minimum atomic E-state index is 0.140. The lowest BCUT2D eigenvalue weighted by Gasteiger charge is -2.25. The summed E-state index contributed by atoms with van der Waals surface area (Å²) in [6, 6.07) is 2.70. The van der Waals surface area contributed by atoms with Gasteiger partial charge in [0.05, 0.1) is 19.0 Å². The van der Waals surface area contributed by atoms with Crippen molar-refractivity contribution in [3.05, 3.63) is 0 Å². The van der Waals surface area contributed by atoms with Crippen LogP contribution < -0.4 is 0 Å². The summed E-state index contributed by atoms with van der Waals surface area (Å²) in [5, 5.41) is 8.52. The Bertz CT molecular complexity index is 305. The minimum Gasteiger partial charge on any atom is -0.344 e. The largest absolute Gasteiger partial charge is 0.344 e. The highest BCUT2D eigenvalue weighted by molar-refractivity contribution is 5.78. The van der Waals surface area contributed by atoms with Crippen molar-refractivity contribution in [3.8, 4) is 6.07 Å². The van der Waals surface area contributed by atoms with Crippen molar-refractivity contribution in [2.45, 2.75) is 45.6 Å². The van der Waals surface area contributed by atoms with Gasteiger partial charge in [-0.2, -0.15) is 5.26 Å². The second-order valence-electron chi connectivity index (χ2n) is 5.61. The number of carbonyl (C=O) groups excluding carboxylic acids is 1. The van der Waals surface area contributed by atoms with Crippen molar-refractivity contribution in [1.29, 1.82) is 5.26 Å². The Morgan fingerprint density at radius 2 is 2.06 bits per heavy atom. The smallest absolute Gasteiger partial charge is 0.236 e. The van der Waals surface area contributed by atoms with Gasteiger partial charge in [-0.3, -0.25) is 9.69 Å². The zero-order valence-corrected chi connectivity index (χ0v) is 11.9. The molecule has 0 saturated heterocycles. The van der Waals surface area contributed by atoms with Gasteiger partial charge in [0.2, 0.25) is 5.91 Å². The van der Waals surface area contributed by atoms with E-state index < -0.39 is 0 Å². The van der Waals surface area contributed by atoms with E-state index >= 15 is 0 Å². The van der Waals surface area contributed by atoms with Crippen molar-refractivity contribution in [3.63, 3.8) is 0 Å². The van der Waals surface area contributed by atoms with Crippen LogP contribution in [0.3, 0.4) is 0 Å². The molecule has 1 aliphatic carbocycles. The number of nitrogens with zero attached hydrogens (tertiary/aromatic N) is 3. The van der Waals surface area contributed by atoms with Gasteiger partial charge in [-0.05, 0) is 31.7 Å². The Balaban J connectivity index is 2.35. The Morgan fingerprint density at radius 3 is 2.56 bits per heavy atom. The first-order valence-corrected chi connectivity index (χ1v) is 6.89. The molecular formula is C14H25N3O. The quantitative estimate of drug-likeness (QED) is 0.661. The lowest BCUT2D eigenvalue weighted by molar-refractivity contribution is -0.131. The molecule has 1 saturated carbocycles. The number of hydrogen-bond acceptors (Lipinski definition) is 3. The lowest BCUT2D eigenvalue weighted by Crippen LogP contribution is -2.40. The van der Waals surface area contributed by atoms with Crippen molar-refractivity contribution in [2.24, 2.45) is 5.92 Å². The highest BCUT2D eigenvalue weighted by Gasteiger charge is 2.30. The van der Waals surface area contributed by atoms with Crippen LogP contribution in [-0.2, 0) is 4.79 Å². The van der Waals surface area contributed by atoms with Crippen molar-refractivity contribution in [1.82, 2.24) is 9.80 Å². The third-order valence-corrected chi connectivity index (χ3v) is 3.38. The molecule has 0 aromatic rings. The maximum absolute atomic E-state index is 12.0. The molecule has 1 aliphatic rings. The first kappa shape index (κ1) is 15.0. The lowest BCUT2D eigenvalue weighted by atomic mass is 10.1. The normalized spacial score (nSPS) is 14.9. The van der Waals surface area contributed by atoms with Gasteiger partial charge in [0.1, 0.15) is 0 Å². The predicted octanol–water partition coefficient (Wildman–Crippen LogP) is 1.87. The molecule has 1 amide bonds. The molecule has 4 nitrogen and oxygen atoms in total. The Labute approximate surface area is 111 Å². The minimum absolute atomic E-state index is 0.140. The molecule has 18 heavy (non-hydrogen) atoms. The zero-order chi connectivity index (χ0) is 13.5. The van der Waals surface area contributed by atoms with Crippen molar-refractivity contribution in [2.75, 3.05) is 26.7 Å². The van der Waals surface area contributed by atoms with E-state index in [0.717, 1.165) is 13.0 Å². The fraction of sp³-hybridized carbons (Fsp3) is 0.857. The molecule has 0 bridgehead atoms. The number of nitriles is 1. The fourth-order valence-electron chi connectivity index (χ4n) is 1.89. The SMILES string of the molecule is CC(C)CCN(CC(=O)N(C)CCC#N)C1CC1. The molecule has 0 aromatic heterocycles. The third-order valence-electron chi connectivity index (χ3n) is 3.38. The van der Waals surface area contributed by atoms with Crippen molar-refractivity contribution < 1.29 is 4.79 Å². The third kappa shape index (κ3) is 5.50. The van der Waals surface area contributed by atoms with Crippen LogP contribution in [0.25, 0.3) is 0 Å². The van der Waals surface area contributed by atoms with E-state index in [9.17, 15) is 4.79 Å². The van der Waals surface area contributed by atoms with E-state index in [-0.39, 0.29) is 5.91 Å². The molecule has 0 spiro atoms.